The highest BCUT2D eigenvalue weighted by molar-refractivity contribution is 7.90. The lowest BCUT2D eigenvalue weighted by Gasteiger charge is -2.38. The van der Waals surface area contributed by atoms with Crippen LogP contribution in [0.3, 0.4) is 0 Å². The van der Waals surface area contributed by atoms with E-state index in [1.54, 1.807) is 37.8 Å². The number of rotatable bonds is 7. The number of nitrogens with zero attached hydrogens (tertiary/aromatic N) is 4. The van der Waals surface area contributed by atoms with Gasteiger partial charge >= 0.3 is 0 Å². The van der Waals surface area contributed by atoms with Gasteiger partial charge in [0.2, 0.25) is 10.0 Å². The van der Waals surface area contributed by atoms with Gasteiger partial charge in [-0.05, 0) is 70.1 Å². The highest BCUT2D eigenvalue weighted by Gasteiger charge is 2.42. The molecule has 0 bridgehead atoms. The van der Waals surface area contributed by atoms with Crippen molar-refractivity contribution < 1.29 is 22.3 Å². The van der Waals surface area contributed by atoms with E-state index >= 15 is 8.78 Å². The van der Waals surface area contributed by atoms with Crippen LogP contribution < -0.4 is 0 Å². The average molecular weight is 533 g/mol. The first-order valence-electron chi connectivity index (χ1n) is 12.6. The molecule has 2 aromatic rings. The highest BCUT2D eigenvalue weighted by atomic mass is 32.2. The first kappa shape index (κ1) is 27.3. The number of hydrogen-bond donors (Lipinski definition) is 1. The fraction of sp³-hybridized carbons (Fsp3) is 0.481. The molecule has 1 saturated heterocycles. The van der Waals surface area contributed by atoms with Crippen molar-refractivity contribution in [2.24, 2.45) is 0 Å². The Bertz CT molecular complexity index is 1280. The minimum absolute atomic E-state index is 0.0610. The van der Waals surface area contributed by atoms with E-state index in [4.69, 9.17) is 0 Å². The van der Waals surface area contributed by atoms with Crippen molar-refractivity contribution >= 4 is 10.0 Å². The smallest absolute Gasteiger partial charge is 0.221 e. The number of halogens is 2. The van der Waals surface area contributed by atoms with Gasteiger partial charge in [0, 0.05) is 29.8 Å². The van der Waals surface area contributed by atoms with Crippen LogP contribution in [0.25, 0.3) is 0 Å². The molecule has 200 valence electrons. The summed E-state index contributed by atoms with van der Waals surface area (Å²) in [5.74, 6) is -1.47. The van der Waals surface area contributed by atoms with Gasteiger partial charge < -0.3 is 9.67 Å². The fourth-order valence-electron chi connectivity index (χ4n) is 5.40. The van der Waals surface area contributed by atoms with Gasteiger partial charge in [0.25, 0.3) is 0 Å². The molecule has 10 heteroatoms. The predicted molar refractivity (Wildman–Crippen MR) is 138 cm³/mol. The molecule has 1 aromatic heterocycles. The molecule has 2 heterocycles. The van der Waals surface area contributed by atoms with E-state index in [9.17, 15) is 13.5 Å². The number of aliphatic hydroxyl groups is 1. The lowest BCUT2D eigenvalue weighted by atomic mass is 9.77. The molecule has 2 aliphatic rings. The molecular formula is C27H34F2N4O3S. The zero-order valence-electron chi connectivity index (χ0n) is 21.2. The third-order valence-electron chi connectivity index (χ3n) is 7.66. The van der Waals surface area contributed by atoms with Gasteiger partial charge in [0.05, 0.1) is 5.60 Å². The molecule has 1 aromatic carbocycles. The van der Waals surface area contributed by atoms with Crippen molar-refractivity contribution in [1.29, 1.82) is 0 Å². The Morgan fingerprint density at radius 3 is 2.46 bits per heavy atom. The van der Waals surface area contributed by atoms with Crippen LogP contribution in [0.1, 0.15) is 69.5 Å². The monoisotopic (exact) mass is 532 g/mol. The van der Waals surface area contributed by atoms with Crippen molar-refractivity contribution in [2.75, 3.05) is 0 Å². The maximum absolute atomic E-state index is 15.3. The molecule has 0 amide bonds. The Labute approximate surface area is 217 Å². The lowest BCUT2D eigenvalue weighted by molar-refractivity contribution is -0.0155. The topological polar surface area (TPSA) is 88.3 Å². The minimum atomic E-state index is -3.84. The van der Waals surface area contributed by atoms with Crippen molar-refractivity contribution in [3.63, 3.8) is 0 Å². The van der Waals surface area contributed by atoms with Gasteiger partial charge in [0.15, 0.2) is 0 Å². The molecule has 7 nitrogen and oxygen atoms in total. The maximum atomic E-state index is 15.3. The normalized spacial score (nSPS) is 28.7. The van der Waals surface area contributed by atoms with E-state index in [0.717, 1.165) is 12.1 Å². The fourth-order valence-corrected chi connectivity index (χ4v) is 7.55. The van der Waals surface area contributed by atoms with E-state index in [-0.39, 0.29) is 42.6 Å². The van der Waals surface area contributed by atoms with Crippen LogP contribution in [0.2, 0.25) is 0 Å². The summed E-state index contributed by atoms with van der Waals surface area (Å²) in [5, 5.41) is 18.0. The average Bonchev–Trinajstić information content (AvgIpc) is 3.39. The van der Waals surface area contributed by atoms with Crippen LogP contribution in [0, 0.1) is 11.6 Å². The van der Waals surface area contributed by atoms with Crippen LogP contribution >= 0.6 is 0 Å². The maximum Gasteiger partial charge on any atom is 0.221 e. The first-order valence-corrected chi connectivity index (χ1v) is 14.1. The Kier molecular flexibility index (Phi) is 8.11. The summed E-state index contributed by atoms with van der Waals surface area (Å²) < 4.78 is 60.6. The van der Waals surface area contributed by atoms with Crippen molar-refractivity contribution in [3.05, 3.63) is 84.0 Å². The summed E-state index contributed by atoms with van der Waals surface area (Å²) in [4.78, 5) is 0. The summed E-state index contributed by atoms with van der Waals surface area (Å²) >= 11 is 0. The van der Waals surface area contributed by atoms with E-state index < -0.39 is 32.5 Å². The third-order valence-corrected chi connectivity index (χ3v) is 10.1. The zero-order chi connectivity index (χ0) is 26.8. The molecule has 37 heavy (non-hydrogen) atoms. The van der Waals surface area contributed by atoms with Crippen LogP contribution in [-0.4, -0.2) is 43.9 Å². The Morgan fingerprint density at radius 1 is 1.14 bits per heavy atom. The molecule has 0 radical (unpaired) electrons. The number of aromatic nitrogens is 3. The predicted octanol–water partition coefficient (Wildman–Crippen LogP) is 4.93. The summed E-state index contributed by atoms with van der Waals surface area (Å²) in [6.07, 6.45) is 12.9. The van der Waals surface area contributed by atoms with E-state index in [1.165, 1.54) is 4.31 Å². The Hall–Kier alpha value is -2.69. The zero-order valence-corrected chi connectivity index (χ0v) is 22.0. The van der Waals surface area contributed by atoms with Crippen LogP contribution in [0.15, 0.2) is 61.2 Å². The van der Waals surface area contributed by atoms with Crippen LogP contribution in [0.5, 0.6) is 0 Å². The van der Waals surface area contributed by atoms with E-state index in [1.807, 2.05) is 17.6 Å². The first-order chi connectivity index (χ1) is 17.6. The second kappa shape index (κ2) is 11.0. The van der Waals surface area contributed by atoms with Gasteiger partial charge in [-0.3, -0.25) is 0 Å². The van der Waals surface area contributed by atoms with Crippen molar-refractivity contribution in [1.82, 2.24) is 19.1 Å². The SMILES string of the molecule is C=C(/C=C\C=C/C)[C@H]1CC[C@H](C)N(Cc2cc(F)c([C@]3(O)CC[C@@H](n4cnnc4)CC3)cc2F)S1(=O)=O. The van der Waals surface area contributed by atoms with Crippen LogP contribution in [-0.2, 0) is 22.2 Å². The highest BCUT2D eigenvalue weighted by Crippen LogP contribution is 2.43. The molecule has 0 unspecified atom stereocenters. The quantitative estimate of drug-likeness (QED) is 0.511. The molecule has 1 saturated carbocycles. The summed E-state index contributed by atoms with van der Waals surface area (Å²) in [7, 11) is -3.84. The van der Waals surface area contributed by atoms with Gasteiger partial charge in [-0.15, -0.1) is 10.2 Å². The number of benzene rings is 1. The van der Waals surface area contributed by atoms with E-state index in [0.29, 0.717) is 31.3 Å². The molecule has 1 aliphatic carbocycles. The Balaban J connectivity index is 1.53. The summed E-state index contributed by atoms with van der Waals surface area (Å²) in [6, 6.07) is 1.78. The molecule has 2 atom stereocenters. The van der Waals surface area contributed by atoms with Gasteiger partial charge in [0.1, 0.15) is 29.5 Å². The third kappa shape index (κ3) is 5.61. The van der Waals surface area contributed by atoms with E-state index in [2.05, 4.69) is 16.8 Å². The lowest BCUT2D eigenvalue weighted by Crippen LogP contribution is -2.48. The summed E-state index contributed by atoms with van der Waals surface area (Å²) in [6.45, 7) is 7.28. The van der Waals surface area contributed by atoms with Crippen molar-refractivity contribution in [2.45, 2.75) is 81.9 Å². The molecular weight excluding hydrogens is 498 g/mol. The second-order valence-electron chi connectivity index (χ2n) is 10.1. The molecule has 0 spiro atoms. The van der Waals surface area contributed by atoms with Gasteiger partial charge in [-0.2, -0.15) is 4.31 Å². The molecule has 2 fully saturated rings. The standard InChI is InChI=1S/C27H34F2N4O3S/c1-4-5-6-7-19(2)26-9-8-20(3)33(37(26,35)36)16-21-14-25(29)23(15-24(21)28)27(34)12-10-22(11-13-27)32-17-30-31-18-32/h4-7,14-15,17-18,20,22,26,34H,2,8-13,16H2,1,3H3/b5-4-,7-6-/t20-,22-,26+,27+/m0/s1. The van der Waals surface area contributed by atoms with Crippen molar-refractivity contribution in [3.8, 4) is 0 Å². The molecule has 1 N–H and O–H groups in total. The van der Waals surface area contributed by atoms with Crippen LogP contribution in [0.4, 0.5) is 8.78 Å². The molecule has 4 rings (SSSR count). The minimum Gasteiger partial charge on any atom is -0.385 e. The van der Waals surface area contributed by atoms with Gasteiger partial charge in [-0.25, -0.2) is 17.2 Å². The molecule has 1 aliphatic heterocycles. The summed E-state index contributed by atoms with van der Waals surface area (Å²) in [5.41, 5.74) is -1.19. The Morgan fingerprint density at radius 2 is 1.81 bits per heavy atom. The second-order valence-corrected chi connectivity index (χ2v) is 12.1. The largest absolute Gasteiger partial charge is 0.385 e. The number of allylic oxidation sites excluding steroid dienone is 4. The number of sulfonamides is 1. The van der Waals surface area contributed by atoms with Gasteiger partial charge in [-0.1, -0.05) is 30.9 Å². The number of hydrogen-bond acceptors (Lipinski definition) is 5.